The highest BCUT2D eigenvalue weighted by molar-refractivity contribution is 5.85. The minimum absolute atomic E-state index is 0.0490. The summed E-state index contributed by atoms with van der Waals surface area (Å²) in [6, 6.07) is 1.38. The third-order valence-electron chi connectivity index (χ3n) is 4.21. The fourth-order valence-electron chi connectivity index (χ4n) is 2.89. The Kier molecular flexibility index (Phi) is 4.99. The molecule has 0 bridgehead atoms. The maximum atomic E-state index is 14.1. The highest BCUT2D eigenvalue weighted by Crippen LogP contribution is 2.37. The number of carboxylic acids is 1. The minimum atomic E-state index is -4.75. The number of nitrogens with one attached hydrogen (secondary N) is 2. The first kappa shape index (κ1) is 20.2. The first-order valence-electron chi connectivity index (χ1n) is 8.24. The Morgan fingerprint density at radius 3 is 2.55 bits per heavy atom. The summed E-state index contributed by atoms with van der Waals surface area (Å²) in [4.78, 5) is 32.9. The summed E-state index contributed by atoms with van der Waals surface area (Å²) < 4.78 is 54.9. The van der Waals surface area contributed by atoms with Gasteiger partial charge in [0.15, 0.2) is 5.69 Å². The highest BCUT2D eigenvalue weighted by Gasteiger charge is 2.35. The third kappa shape index (κ3) is 4.03. The molecule has 0 unspecified atom stereocenters. The van der Waals surface area contributed by atoms with Crippen molar-refractivity contribution in [2.24, 2.45) is 0 Å². The molecule has 29 heavy (non-hydrogen) atoms. The molecule has 0 amide bonds. The van der Waals surface area contributed by atoms with Gasteiger partial charge < -0.3 is 15.4 Å². The van der Waals surface area contributed by atoms with Gasteiger partial charge in [-0.25, -0.2) is 19.2 Å². The SMILES string of the molecule is Cc1nc2cc(C(F)(F)F)c([C@H](C)Nc3cnc(C(=O)O)cc3F)cc2c(=O)[nH]1. The van der Waals surface area contributed by atoms with Crippen LogP contribution in [0.2, 0.25) is 0 Å². The van der Waals surface area contributed by atoms with E-state index in [1.165, 1.54) is 13.8 Å². The van der Waals surface area contributed by atoms with E-state index in [1.807, 2.05) is 0 Å². The Balaban J connectivity index is 2.10. The molecular formula is C18H14F4N4O3. The van der Waals surface area contributed by atoms with E-state index in [4.69, 9.17) is 5.11 Å². The average molecular weight is 410 g/mol. The molecule has 1 aromatic carbocycles. The number of hydrogen-bond acceptors (Lipinski definition) is 5. The van der Waals surface area contributed by atoms with E-state index in [2.05, 4.69) is 20.3 Å². The minimum Gasteiger partial charge on any atom is -0.477 e. The van der Waals surface area contributed by atoms with Gasteiger partial charge in [0.2, 0.25) is 0 Å². The zero-order valence-corrected chi connectivity index (χ0v) is 15.1. The van der Waals surface area contributed by atoms with E-state index >= 15 is 0 Å². The number of aromatic nitrogens is 3. The number of H-pyrrole nitrogens is 1. The van der Waals surface area contributed by atoms with Crippen LogP contribution in [0, 0.1) is 12.7 Å². The van der Waals surface area contributed by atoms with Crippen molar-refractivity contribution >= 4 is 22.6 Å². The van der Waals surface area contributed by atoms with Crippen LogP contribution in [0.5, 0.6) is 0 Å². The third-order valence-corrected chi connectivity index (χ3v) is 4.21. The van der Waals surface area contributed by atoms with Crippen LogP contribution in [0.1, 0.15) is 40.4 Å². The Morgan fingerprint density at radius 2 is 1.97 bits per heavy atom. The first-order valence-corrected chi connectivity index (χ1v) is 8.24. The van der Waals surface area contributed by atoms with E-state index in [0.717, 1.165) is 18.3 Å². The van der Waals surface area contributed by atoms with Gasteiger partial charge in [-0.15, -0.1) is 0 Å². The molecule has 152 valence electrons. The Bertz CT molecular complexity index is 1170. The number of nitrogens with zero attached hydrogens (tertiary/aromatic N) is 2. The molecule has 0 spiro atoms. The van der Waals surface area contributed by atoms with Gasteiger partial charge in [0.05, 0.1) is 28.4 Å². The number of rotatable bonds is 4. The molecule has 2 aromatic heterocycles. The Labute approximate surface area is 160 Å². The number of anilines is 1. The van der Waals surface area contributed by atoms with Gasteiger partial charge in [-0.3, -0.25) is 4.79 Å². The molecule has 0 saturated carbocycles. The fourth-order valence-corrected chi connectivity index (χ4v) is 2.89. The molecule has 2 heterocycles. The van der Waals surface area contributed by atoms with E-state index < -0.39 is 40.8 Å². The maximum absolute atomic E-state index is 14.1. The number of fused-ring (bicyclic) bond motifs is 1. The molecule has 7 nitrogen and oxygen atoms in total. The van der Waals surface area contributed by atoms with Crippen LogP contribution in [0.3, 0.4) is 0 Å². The summed E-state index contributed by atoms with van der Waals surface area (Å²) in [6.45, 7) is 2.79. The van der Waals surface area contributed by atoms with E-state index in [9.17, 15) is 27.2 Å². The molecule has 0 fully saturated rings. The van der Waals surface area contributed by atoms with Crippen LogP contribution in [0.25, 0.3) is 10.9 Å². The number of carbonyl (C=O) groups is 1. The summed E-state index contributed by atoms with van der Waals surface area (Å²) in [6.07, 6.45) is -3.87. The summed E-state index contributed by atoms with van der Waals surface area (Å²) in [5.74, 6) is -2.27. The first-order chi connectivity index (χ1) is 13.5. The lowest BCUT2D eigenvalue weighted by molar-refractivity contribution is -0.138. The molecule has 1 atom stereocenters. The van der Waals surface area contributed by atoms with Crippen molar-refractivity contribution in [2.75, 3.05) is 5.32 Å². The number of aromatic amines is 1. The molecule has 0 aliphatic carbocycles. The molecule has 0 aliphatic rings. The molecular weight excluding hydrogens is 396 g/mol. The predicted molar refractivity (Wildman–Crippen MR) is 95.3 cm³/mol. The Morgan fingerprint density at radius 1 is 1.28 bits per heavy atom. The van der Waals surface area contributed by atoms with Crippen molar-refractivity contribution < 1.29 is 27.5 Å². The standard InChI is InChI=1S/C18H14F4N4O3/c1-7(24-15-6-23-14(17(28)29)5-12(15)19)9-3-10-13(4-11(9)18(20,21)22)25-8(2)26-16(10)27/h3-7,24H,1-2H3,(H,28,29)(H,25,26,27)/t7-/m0/s1. The normalized spacial score (nSPS) is 12.8. The van der Waals surface area contributed by atoms with Gasteiger partial charge in [0, 0.05) is 12.1 Å². The van der Waals surface area contributed by atoms with E-state index in [1.54, 1.807) is 0 Å². The number of benzene rings is 1. The summed E-state index contributed by atoms with van der Waals surface area (Å²) in [5.41, 5.74) is -2.88. The van der Waals surface area contributed by atoms with Crippen LogP contribution in [-0.2, 0) is 6.18 Å². The molecule has 0 saturated heterocycles. The van der Waals surface area contributed by atoms with E-state index in [0.29, 0.717) is 6.07 Å². The van der Waals surface area contributed by atoms with Crippen molar-refractivity contribution in [3.05, 3.63) is 63.2 Å². The number of aryl methyl sites for hydroxylation is 1. The summed E-state index contributed by atoms with van der Waals surface area (Å²) in [7, 11) is 0. The average Bonchev–Trinajstić information content (AvgIpc) is 2.61. The lowest BCUT2D eigenvalue weighted by Crippen LogP contribution is -2.18. The topological polar surface area (TPSA) is 108 Å². The number of hydrogen-bond donors (Lipinski definition) is 3. The lowest BCUT2D eigenvalue weighted by atomic mass is 9.98. The van der Waals surface area contributed by atoms with Crippen molar-refractivity contribution in [3.63, 3.8) is 0 Å². The second kappa shape index (κ2) is 7.15. The zero-order valence-electron chi connectivity index (χ0n) is 15.1. The van der Waals surface area contributed by atoms with Crippen molar-refractivity contribution in [2.45, 2.75) is 26.1 Å². The molecule has 3 N–H and O–H groups in total. The van der Waals surface area contributed by atoms with Crippen LogP contribution in [-0.4, -0.2) is 26.0 Å². The van der Waals surface area contributed by atoms with Gasteiger partial charge >= 0.3 is 12.1 Å². The summed E-state index contributed by atoms with van der Waals surface area (Å²) >= 11 is 0. The van der Waals surface area contributed by atoms with Crippen molar-refractivity contribution in [1.82, 2.24) is 15.0 Å². The fraction of sp³-hybridized carbons (Fsp3) is 0.222. The number of halogens is 4. The maximum Gasteiger partial charge on any atom is 0.416 e. The number of carboxylic acid groups (broad SMARTS) is 1. The Hall–Kier alpha value is -3.50. The van der Waals surface area contributed by atoms with Crippen LogP contribution < -0.4 is 10.9 Å². The van der Waals surface area contributed by atoms with Crippen LogP contribution in [0.15, 0.2) is 29.2 Å². The van der Waals surface area contributed by atoms with Crippen LogP contribution >= 0.6 is 0 Å². The number of pyridine rings is 1. The monoisotopic (exact) mass is 410 g/mol. The van der Waals surface area contributed by atoms with Gasteiger partial charge in [0.25, 0.3) is 5.56 Å². The van der Waals surface area contributed by atoms with Crippen LogP contribution in [0.4, 0.5) is 23.2 Å². The summed E-state index contributed by atoms with van der Waals surface area (Å²) in [5, 5.41) is 11.3. The van der Waals surface area contributed by atoms with Gasteiger partial charge in [-0.2, -0.15) is 13.2 Å². The quantitative estimate of drug-likeness (QED) is 0.567. The largest absolute Gasteiger partial charge is 0.477 e. The second-order valence-electron chi connectivity index (χ2n) is 6.33. The zero-order chi connectivity index (χ0) is 21.5. The molecule has 11 heteroatoms. The van der Waals surface area contributed by atoms with Gasteiger partial charge in [-0.05, 0) is 31.5 Å². The molecule has 3 rings (SSSR count). The predicted octanol–water partition coefficient (Wildman–Crippen LogP) is 3.66. The van der Waals surface area contributed by atoms with Gasteiger partial charge in [-0.1, -0.05) is 0 Å². The highest BCUT2D eigenvalue weighted by atomic mass is 19.4. The van der Waals surface area contributed by atoms with Crippen molar-refractivity contribution in [1.29, 1.82) is 0 Å². The van der Waals surface area contributed by atoms with E-state index in [-0.39, 0.29) is 28.0 Å². The second-order valence-corrected chi connectivity index (χ2v) is 6.33. The smallest absolute Gasteiger partial charge is 0.416 e. The number of aromatic carboxylic acids is 1. The van der Waals surface area contributed by atoms with Gasteiger partial charge in [0.1, 0.15) is 11.6 Å². The van der Waals surface area contributed by atoms with Crippen molar-refractivity contribution in [3.8, 4) is 0 Å². The number of alkyl halides is 3. The molecule has 0 radical (unpaired) electrons. The molecule has 0 aliphatic heterocycles. The molecule has 3 aromatic rings. The lowest BCUT2D eigenvalue weighted by Gasteiger charge is -2.21.